The Labute approximate surface area is 142 Å². The second kappa shape index (κ2) is 7.02. The van der Waals surface area contributed by atoms with Crippen LogP contribution >= 0.6 is 43.5 Å². The second-order valence-corrected chi connectivity index (χ2v) is 5.99. The summed E-state index contributed by atoms with van der Waals surface area (Å²) >= 11 is 12.3. The van der Waals surface area contributed by atoms with Gasteiger partial charge in [-0.1, -0.05) is 27.5 Å². The third-order valence-corrected chi connectivity index (χ3v) is 3.79. The number of rotatable bonds is 3. The van der Waals surface area contributed by atoms with Gasteiger partial charge in [0, 0.05) is 16.2 Å². The third-order valence-electron chi connectivity index (χ3n) is 2.43. The summed E-state index contributed by atoms with van der Waals surface area (Å²) in [6.07, 6.45) is 2.81. The van der Waals surface area contributed by atoms with Crippen molar-refractivity contribution in [1.29, 1.82) is 0 Å². The lowest BCUT2D eigenvalue weighted by Gasteiger charge is -2.03. The molecule has 1 heterocycles. The number of hydrogen-bond donors (Lipinski definition) is 2. The number of hydrogen-bond acceptors (Lipinski definition) is 4. The fourth-order valence-electron chi connectivity index (χ4n) is 1.46. The summed E-state index contributed by atoms with van der Waals surface area (Å²) in [5.41, 5.74) is 2.98. The van der Waals surface area contributed by atoms with Gasteiger partial charge in [0.05, 0.1) is 16.3 Å². The van der Waals surface area contributed by atoms with Crippen molar-refractivity contribution < 1.29 is 9.90 Å². The van der Waals surface area contributed by atoms with Crippen LogP contribution in [0.3, 0.4) is 0 Å². The quantitative estimate of drug-likeness (QED) is 0.440. The number of benzene rings is 1. The number of amides is 1. The van der Waals surface area contributed by atoms with Gasteiger partial charge in [-0.05, 0) is 40.2 Å². The highest BCUT2D eigenvalue weighted by molar-refractivity contribution is 9.11. The van der Waals surface area contributed by atoms with Gasteiger partial charge in [-0.25, -0.2) is 10.4 Å². The molecule has 1 aromatic heterocycles. The van der Waals surface area contributed by atoms with Crippen LogP contribution in [0.15, 0.2) is 44.5 Å². The van der Waals surface area contributed by atoms with Crippen LogP contribution in [-0.4, -0.2) is 22.2 Å². The molecular formula is C13H8Br2ClN3O2. The first-order valence-corrected chi connectivity index (χ1v) is 7.57. The molecular weight excluding hydrogens is 425 g/mol. The minimum atomic E-state index is -0.488. The number of aromatic nitrogens is 1. The van der Waals surface area contributed by atoms with E-state index in [1.54, 1.807) is 18.2 Å². The van der Waals surface area contributed by atoms with Gasteiger partial charge in [0.1, 0.15) is 10.9 Å². The van der Waals surface area contributed by atoms with Gasteiger partial charge in [-0.2, -0.15) is 5.10 Å². The third kappa shape index (κ3) is 4.03. The molecule has 0 radical (unpaired) electrons. The van der Waals surface area contributed by atoms with E-state index >= 15 is 0 Å². The van der Waals surface area contributed by atoms with Crippen molar-refractivity contribution in [1.82, 2.24) is 10.4 Å². The van der Waals surface area contributed by atoms with Crippen LogP contribution < -0.4 is 5.43 Å². The Balaban J connectivity index is 2.13. The Bertz CT molecular complexity index is 723. The average Bonchev–Trinajstić information content (AvgIpc) is 2.44. The molecule has 108 valence electrons. The number of hydrazone groups is 1. The topological polar surface area (TPSA) is 74.6 Å². The lowest BCUT2D eigenvalue weighted by atomic mass is 10.2. The Kier molecular flexibility index (Phi) is 5.33. The molecule has 0 bridgehead atoms. The molecule has 0 aliphatic rings. The van der Waals surface area contributed by atoms with Gasteiger partial charge < -0.3 is 5.11 Å². The number of aromatic hydroxyl groups is 1. The maximum Gasteiger partial charge on any atom is 0.274 e. The Morgan fingerprint density at radius 1 is 1.43 bits per heavy atom. The SMILES string of the molecule is O=C(N/N=C/c1cc(Br)cc(Br)c1O)c1cccnc1Cl. The number of carbonyl (C=O) groups excluding carboxylic acids is 1. The highest BCUT2D eigenvalue weighted by Crippen LogP contribution is 2.30. The van der Waals surface area contributed by atoms with E-state index in [0.29, 0.717) is 10.0 Å². The van der Waals surface area contributed by atoms with Gasteiger partial charge in [0.2, 0.25) is 0 Å². The maximum atomic E-state index is 11.8. The molecule has 2 rings (SSSR count). The monoisotopic (exact) mass is 431 g/mol. The first-order valence-electron chi connectivity index (χ1n) is 5.61. The predicted octanol–water partition coefficient (Wildman–Crippen LogP) is 3.73. The van der Waals surface area contributed by atoms with E-state index in [4.69, 9.17) is 11.6 Å². The number of carbonyl (C=O) groups is 1. The van der Waals surface area contributed by atoms with Gasteiger partial charge in [0.15, 0.2) is 0 Å². The van der Waals surface area contributed by atoms with Crippen LogP contribution in [0, 0.1) is 0 Å². The van der Waals surface area contributed by atoms with Crippen LogP contribution in [0.5, 0.6) is 5.75 Å². The molecule has 8 heteroatoms. The molecule has 5 nitrogen and oxygen atoms in total. The molecule has 0 saturated heterocycles. The molecule has 21 heavy (non-hydrogen) atoms. The number of nitrogens with one attached hydrogen (secondary N) is 1. The van der Waals surface area contributed by atoms with Crippen LogP contribution in [0.1, 0.15) is 15.9 Å². The zero-order valence-electron chi connectivity index (χ0n) is 10.3. The van der Waals surface area contributed by atoms with E-state index in [0.717, 1.165) is 4.47 Å². The summed E-state index contributed by atoms with van der Waals surface area (Å²) < 4.78 is 1.27. The van der Waals surface area contributed by atoms with Crippen molar-refractivity contribution in [3.63, 3.8) is 0 Å². The highest BCUT2D eigenvalue weighted by Gasteiger charge is 2.10. The number of halogens is 3. The number of phenolic OH excluding ortho intramolecular Hbond substituents is 1. The Morgan fingerprint density at radius 2 is 2.19 bits per heavy atom. The first kappa shape index (κ1) is 15.9. The van der Waals surface area contributed by atoms with Crippen LogP contribution in [0.25, 0.3) is 0 Å². The molecule has 0 aliphatic carbocycles. The molecule has 0 spiro atoms. The standard InChI is InChI=1S/C13H8Br2ClN3O2/c14-8-4-7(11(20)10(15)5-8)6-18-19-13(21)9-2-1-3-17-12(9)16/h1-6,20H,(H,19,21)/b18-6+. The highest BCUT2D eigenvalue weighted by atomic mass is 79.9. The smallest absolute Gasteiger partial charge is 0.274 e. The molecule has 1 aromatic carbocycles. The lowest BCUT2D eigenvalue weighted by Crippen LogP contribution is -2.18. The predicted molar refractivity (Wildman–Crippen MR) is 87.8 cm³/mol. The van der Waals surface area contributed by atoms with Crippen molar-refractivity contribution in [2.24, 2.45) is 5.10 Å². The number of nitrogens with zero attached hydrogens (tertiary/aromatic N) is 2. The zero-order valence-corrected chi connectivity index (χ0v) is 14.3. The second-order valence-electron chi connectivity index (χ2n) is 3.87. The normalized spacial score (nSPS) is 10.8. The van der Waals surface area contributed by atoms with Gasteiger partial charge in [-0.3, -0.25) is 4.79 Å². The molecule has 0 fully saturated rings. The van der Waals surface area contributed by atoms with Crippen molar-refractivity contribution in [3.8, 4) is 5.75 Å². The number of phenols is 1. The van der Waals surface area contributed by atoms with E-state index in [2.05, 4.69) is 47.4 Å². The fourth-order valence-corrected chi connectivity index (χ4v) is 2.92. The van der Waals surface area contributed by atoms with Gasteiger partial charge >= 0.3 is 0 Å². The maximum absolute atomic E-state index is 11.8. The lowest BCUT2D eigenvalue weighted by molar-refractivity contribution is 0.0955. The van der Waals surface area contributed by atoms with E-state index in [1.807, 2.05) is 0 Å². The first-order chi connectivity index (χ1) is 9.99. The molecule has 0 aliphatic heterocycles. The molecule has 0 saturated carbocycles. The minimum absolute atomic E-state index is 0.0237. The molecule has 1 amide bonds. The molecule has 2 N–H and O–H groups in total. The fraction of sp³-hybridized carbons (Fsp3) is 0. The summed E-state index contributed by atoms with van der Waals surface area (Å²) in [7, 11) is 0. The van der Waals surface area contributed by atoms with Crippen molar-refractivity contribution in [3.05, 3.63) is 55.7 Å². The molecule has 0 unspecified atom stereocenters. The van der Waals surface area contributed by atoms with E-state index in [9.17, 15) is 9.90 Å². The molecule has 0 atom stereocenters. The van der Waals surface area contributed by atoms with Crippen molar-refractivity contribution in [2.45, 2.75) is 0 Å². The van der Waals surface area contributed by atoms with E-state index in [-0.39, 0.29) is 16.5 Å². The Morgan fingerprint density at radius 3 is 2.90 bits per heavy atom. The van der Waals surface area contributed by atoms with Crippen molar-refractivity contribution in [2.75, 3.05) is 0 Å². The molecule has 2 aromatic rings. The largest absolute Gasteiger partial charge is 0.506 e. The van der Waals surface area contributed by atoms with Gasteiger partial charge in [-0.15, -0.1) is 0 Å². The van der Waals surface area contributed by atoms with Crippen molar-refractivity contribution >= 4 is 55.6 Å². The minimum Gasteiger partial charge on any atom is -0.506 e. The van der Waals surface area contributed by atoms with Crippen LogP contribution in [0.4, 0.5) is 0 Å². The zero-order chi connectivity index (χ0) is 15.4. The van der Waals surface area contributed by atoms with E-state index in [1.165, 1.54) is 18.5 Å². The number of pyridine rings is 1. The summed E-state index contributed by atoms with van der Waals surface area (Å²) in [5, 5.41) is 13.7. The summed E-state index contributed by atoms with van der Waals surface area (Å²) in [6.45, 7) is 0. The van der Waals surface area contributed by atoms with E-state index < -0.39 is 5.91 Å². The van der Waals surface area contributed by atoms with Gasteiger partial charge in [0.25, 0.3) is 5.91 Å². The Hall–Kier alpha value is -1.44. The van der Waals surface area contributed by atoms with Crippen LogP contribution in [0.2, 0.25) is 5.15 Å². The summed E-state index contributed by atoms with van der Waals surface area (Å²) in [5.74, 6) is -0.464. The van der Waals surface area contributed by atoms with Crippen LogP contribution in [-0.2, 0) is 0 Å². The average molecular weight is 433 g/mol. The summed E-state index contributed by atoms with van der Waals surface area (Å²) in [6, 6.07) is 6.49. The summed E-state index contributed by atoms with van der Waals surface area (Å²) in [4.78, 5) is 15.6.